The fourth-order valence-electron chi connectivity index (χ4n) is 3.98. The normalized spacial score (nSPS) is 12.2. The number of fused-ring (bicyclic) bond motifs is 1. The molecule has 0 fully saturated rings. The molecule has 1 N–H and O–H groups in total. The van der Waals surface area contributed by atoms with Crippen molar-refractivity contribution in [2.45, 2.75) is 40.3 Å². The molecule has 0 unspecified atom stereocenters. The van der Waals surface area contributed by atoms with Gasteiger partial charge in [-0.2, -0.15) is 5.10 Å². The standard InChI is InChI=1S/C25H25ClN4O/c1-5-30-14-21(17(4)29-30)16(3)27-25(31)23-15(2)24(18-9-8-10-19(26)13-18)28-22-12-7-6-11-20(22)23/h6-14,16H,5H2,1-4H3,(H,27,31)/t16-/m1/s1. The average Bonchev–Trinajstić information content (AvgIpc) is 3.14. The van der Waals surface area contributed by atoms with Crippen LogP contribution in [0.15, 0.2) is 54.7 Å². The summed E-state index contributed by atoms with van der Waals surface area (Å²) in [6, 6.07) is 15.1. The number of rotatable bonds is 5. The van der Waals surface area contributed by atoms with Gasteiger partial charge in [0, 0.05) is 34.3 Å². The second-order valence-corrected chi connectivity index (χ2v) is 8.15. The lowest BCUT2D eigenvalue weighted by Crippen LogP contribution is -2.28. The van der Waals surface area contributed by atoms with E-state index in [2.05, 4.69) is 10.4 Å². The summed E-state index contributed by atoms with van der Waals surface area (Å²) in [5.41, 5.74) is 5.81. The minimum absolute atomic E-state index is 0.129. The molecule has 1 atom stereocenters. The summed E-state index contributed by atoms with van der Waals surface area (Å²) >= 11 is 6.22. The van der Waals surface area contributed by atoms with Gasteiger partial charge in [0.1, 0.15) is 0 Å². The number of benzene rings is 2. The van der Waals surface area contributed by atoms with Crippen molar-refractivity contribution in [3.8, 4) is 11.3 Å². The van der Waals surface area contributed by atoms with Gasteiger partial charge in [0.05, 0.1) is 28.5 Å². The first-order chi connectivity index (χ1) is 14.9. The van der Waals surface area contributed by atoms with E-state index < -0.39 is 0 Å². The Hall–Kier alpha value is -3.18. The molecule has 31 heavy (non-hydrogen) atoms. The van der Waals surface area contributed by atoms with E-state index in [9.17, 15) is 4.79 Å². The zero-order valence-corrected chi connectivity index (χ0v) is 18.9. The molecule has 4 rings (SSSR count). The van der Waals surface area contributed by atoms with Crippen molar-refractivity contribution in [2.75, 3.05) is 0 Å². The molecule has 4 aromatic rings. The molecule has 0 bridgehead atoms. The van der Waals surface area contributed by atoms with Crippen LogP contribution in [0.4, 0.5) is 0 Å². The molecule has 0 radical (unpaired) electrons. The number of hydrogen-bond donors (Lipinski definition) is 1. The summed E-state index contributed by atoms with van der Waals surface area (Å²) in [7, 11) is 0. The summed E-state index contributed by atoms with van der Waals surface area (Å²) in [5, 5.41) is 9.13. The van der Waals surface area contributed by atoms with Crippen LogP contribution in [0.3, 0.4) is 0 Å². The number of halogens is 1. The maximum absolute atomic E-state index is 13.5. The monoisotopic (exact) mass is 432 g/mol. The molecule has 5 nitrogen and oxygen atoms in total. The molecule has 2 aromatic heterocycles. The van der Waals surface area contributed by atoms with E-state index in [0.29, 0.717) is 10.6 Å². The maximum Gasteiger partial charge on any atom is 0.252 e. The molecule has 0 aliphatic rings. The number of hydrogen-bond acceptors (Lipinski definition) is 3. The van der Waals surface area contributed by atoms with Gasteiger partial charge in [-0.05, 0) is 51.5 Å². The SMILES string of the molecule is CCn1cc([C@@H](C)NC(=O)c2c(C)c(-c3cccc(Cl)c3)nc3ccccc23)c(C)n1. The fraction of sp³-hybridized carbons (Fsp3) is 0.240. The summed E-state index contributed by atoms with van der Waals surface area (Å²) in [6.45, 7) is 8.73. The summed E-state index contributed by atoms with van der Waals surface area (Å²) in [4.78, 5) is 18.4. The summed E-state index contributed by atoms with van der Waals surface area (Å²) in [6.07, 6.45) is 2.00. The molecule has 1 amide bonds. The van der Waals surface area contributed by atoms with Crippen molar-refractivity contribution in [3.63, 3.8) is 0 Å². The van der Waals surface area contributed by atoms with Gasteiger partial charge in [-0.15, -0.1) is 0 Å². The minimum Gasteiger partial charge on any atom is -0.345 e. The van der Waals surface area contributed by atoms with E-state index >= 15 is 0 Å². The van der Waals surface area contributed by atoms with E-state index in [0.717, 1.165) is 45.5 Å². The van der Waals surface area contributed by atoms with Crippen molar-refractivity contribution in [2.24, 2.45) is 0 Å². The number of nitrogens with zero attached hydrogens (tertiary/aromatic N) is 3. The van der Waals surface area contributed by atoms with Crippen LogP contribution < -0.4 is 5.32 Å². The molecule has 158 valence electrons. The van der Waals surface area contributed by atoms with Crippen molar-refractivity contribution >= 4 is 28.4 Å². The van der Waals surface area contributed by atoms with Gasteiger partial charge in [-0.3, -0.25) is 9.48 Å². The van der Waals surface area contributed by atoms with Crippen LogP contribution in [-0.4, -0.2) is 20.7 Å². The Balaban J connectivity index is 1.79. The Bertz CT molecular complexity index is 1280. The first-order valence-corrected chi connectivity index (χ1v) is 10.8. The second kappa shape index (κ2) is 8.52. The van der Waals surface area contributed by atoms with Gasteiger partial charge in [0.2, 0.25) is 0 Å². The number of carbonyl (C=O) groups excluding carboxylic acids is 1. The van der Waals surface area contributed by atoms with Crippen LogP contribution in [0.25, 0.3) is 22.2 Å². The van der Waals surface area contributed by atoms with E-state index in [1.807, 2.05) is 87.1 Å². The van der Waals surface area contributed by atoms with Crippen molar-refractivity contribution < 1.29 is 4.79 Å². The van der Waals surface area contributed by atoms with Crippen LogP contribution >= 0.6 is 11.6 Å². The van der Waals surface area contributed by atoms with Crippen LogP contribution in [0.1, 0.15) is 47.1 Å². The molecule has 2 heterocycles. The van der Waals surface area contributed by atoms with E-state index in [1.54, 1.807) is 0 Å². The highest BCUT2D eigenvalue weighted by molar-refractivity contribution is 6.30. The highest BCUT2D eigenvalue weighted by atomic mass is 35.5. The highest BCUT2D eigenvalue weighted by Crippen LogP contribution is 2.31. The summed E-state index contributed by atoms with van der Waals surface area (Å²) in [5.74, 6) is -0.129. The van der Waals surface area contributed by atoms with Gasteiger partial charge in [-0.1, -0.05) is 41.9 Å². The Morgan fingerprint density at radius 1 is 1.16 bits per heavy atom. The molecular formula is C25H25ClN4O. The highest BCUT2D eigenvalue weighted by Gasteiger charge is 2.22. The Labute approximate surface area is 187 Å². The Morgan fingerprint density at radius 3 is 2.65 bits per heavy atom. The molecule has 0 saturated carbocycles. The third-order valence-electron chi connectivity index (χ3n) is 5.58. The molecule has 6 heteroatoms. The van der Waals surface area contributed by atoms with Crippen molar-refractivity contribution in [1.82, 2.24) is 20.1 Å². The number of amides is 1. The molecule has 0 saturated heterocycles. The average molecular weight is 433 g/mol. The molecule has 0 aliphatic heterocycles. The number of aryl methyl sites for hydroxylation is 2. The summed E-state index contributed by atoms with van der Waals surface area (Å²) < 4.78 is 1.89. The largest absolute Gasteiger partial charge is 0.345 e. The zero-order valence-electron chi connectivity index (χ0n) is 18.1. The van der Waals surface area contributed by atoms with E-state index in [4.69, 9.17) is 16.6 Å². The molecular weight excluding hydrogens is 408 g/mol. The van der Waals surface area contributed by atoms with Gasteiger partial charge in [-0.25, -0.2) is 4.98 Å². The number of aromatic nitrogens is 3. The van der Waals surface area contributed by atoms with Gasteiger partial charge < -0.3 is 5.32 Å². The number of pyridine rings is 1. The number of para-hydroxylation sites is 1. The minimum atomic E-state index is -0.172. The predicted molar refractivity (Wildman–Crippen MR) is 125 cm³/mol. The van der Waals surface area contributed by atoms with Crippen LogP contribution in [0.2, 0.25) is 5.02 Å². The van der Waals surface area contributed by atoms with Gasteiger partial charge >= 0.3 is 0 Å². The molecule has 0 aliphatic carbocycles. The second-order valence-electron chi connectivity index (χ2n) is 7.71. The van der Waals surface area contributed by atoms with Crippen molar-refractivity contribution in [3.05, 3.63) is 82.1 Å². The van der Waals surface area contributed by atoms with E-state index in [1.165, 1.54) is 0 Å². The third kappa shape index (κ3) is 4.06. The van der Waals surface area contributed by atoms with Gasteiger partial charge in [0.15, 0.2) is 0 Å². The van der Waals surface area contributed by atoms with Crippen LogP contribution in [0, 0.1) is 13.8 Å². The van der Waals surface area contributed by atoms with Crippen LogP contribution in [-0.2, 0) is 6.54 Å². The molecule has 2 aromatic carbocycles. The lowest BCUT2D eigenvalue weighted by atomic mass is 9.96. The smallest absolute Gasteiger partial charge is 0.252 e. The lowest BCUT2D eigenvalue weighted by Gasteiger charge is -2.18. The first-order valence-electron chi connectivity index (χ1n) is 10.4. The Morgan fingerprint density at radius 2 is 1.94 bits per heavy atom. The molecule has 0 spiro atoms. The predicted octanol–water partition coefficient (Wildman–Crippen LogP) is 5.88. The number of carbonyl (C=O) groups is 1. The zero-order chi connectivity index (χ0) is 22.1. The Kier molecular flexibility index (Phi) is 5.79. The number of nitrogens with one attached hydrogen (secondary N) is 1. The lowest BCUT2D eigenvalue weighted by molar-refractivity contribution is 0.0941. The van der Waals surface area contributed by atoms with Gasteiger partial charge in [0.25, 0.3) is 5.91 Å². The van der Waals surface area contributed by atoms with Crippen LogP contribution in [0.5, 0.6) is 0 Å². The maximum atomic E-state index is 13.5. The first kappa shape index (κ1) is 21.1. The van der Waals surface area contributed by atoms with E-state index in [-0.39, 0.29) is 11.9 Å². The third-order valence-corrected chi connectivity index (χ3v) is 5.82. The van der Waals surface area contributed by atoms with Crippen molar-refractivity contribution in [1.29, 1.82) is 0 Å². The topological polar surface area (TPSA) is 59.8 Å². The quantitative estimate of drug-likeness (QED) is 0.428. The fourth-order valence-corrected chi connectivity index (χ4v) is 4.17.